The van der Waals surface area contributed by atoms with E-state index in [0.29, 0.717) is 23.1 Å². The highest BCUT2D eigenvalue weighted by Crippen LogP contribution is 2.32. The normalized spacial score (nSPS) is 14.9. The van der Waals surface area contributed by atoms with Gasteiger partial charge in [0.15, 0.2) is 5.89 Å². The number of aromatic nitrogens is 3. The highest BCUT2D eigenvalue weighted by molar-refractivity contribution is 5.92. The quantitative estimate of drug-likeness (QED) is 0.712. The maximum Gasteiger partial charge on any atom is 0.289 e. The molecule has 2 heterocycles. The molecule has 2 aromatic heterocycles. The van der Waals surface area contributed by atoms with Crippen molar-refractivity contribution in [3.05, 3.63) is 53.3 Å². The second kappa shape index (κ2) is 6.94. The lowest BCUT2D eigenvalue weighted by Gasteiger charge is -2.08. The predicted octanol–water partition coefficient (Wildman–Crippen LogP) is 3.62. The Morgan fingerprint density at radius 1 is 1.37 bits per heavy atom. The summed E-state index contributed by atoms with van der Waals surface area (Å²) in [5, 5.41) is 6.62. The number of halogens is 1. The third kappa shape index (κ3) is 3.89. The fourth-order valence-corrected chi connectivity index (χ4v) is 2.80. The lowest BCUT2D eigenvalue weighted by atomic mass is 10.2. The Balaban J connectivity index is 1.45. The summed E-state index contributed by atoms with van der Waals surface area (Å²) in [6.07, 6.45) is 3.14. The van der Waals surface area contributed by atoms with Crippen molar-refractivity contribution in [1.82, 2.24) is 20.4 Å². The van der Waals surface area contributed by atoms with Crippen LogP contribution in [-0.4, -0.2) is 21.0 Å². The van der Waals surface area contributed by atoms with E-state index in [4.69, 9.17) is 8.94 Å². The van der Waals surface area contributed by atoms with Crippen LogP contribution in [0.15, 0.2) is 33.2 Å². The van der Waals surface area contributed by atoms with E-state index in [1.807, 2.05) is 0 Å². The van der Waals surface area contributed by atoms with Crippen molar-refractivity contribution < 1.29 is 18.1 Å². The van der Waals surface area contributed by atoms with Crippen LogP contribution >= 0.6 is 0 Å². The highest BCUT2D eigenvalue weighted by Gasteiger charge is 2.27. The number of nitrogens with zero attached hydrogens (tertiary/aromatic N) is 3. The number of carbonyl (C=O) groups excluding carboxylic acids is 1. The maximum atomic E-state index is 13.3. The van der Waals surface area contributed by atoms with Crippen molar-refractivity contribution in [2.24, 2.45) is 5.92 Å². The zero-order chi connectivity index (χ0) is 19.0. The Labute approximate surface area is 155 Å². The number of amides is 1. The Kier molecular flexibility index (Phi) is 4.47. The minimum absolute atomic E-state index is 0.197. The van der Waals surface area contributed by atoms with Crippen LogP contribution in [0.2, 0.25) is 0 Å². The standard InChI is InChI=1S/C19H19FN4O3/c1-10-16(26-15(21-10)8-12-6-7-12)18(25)22-11(2)19-23-17(24-27-19)13-4-3-5-14(20)9-13/h3-5,9,11-12H,6-8H2,1-2H3,(H,22,25)/t11-/m1/s1. The van der Waals surface area contributed by atoms with Gasteiger partial charge in [-0.05, 0) is 44.7 Å². The molecule has 1 amide bonds. The summed E-state index contributed by atoms with van der Waals surface area (Å²) in [6.45, 7) is 3.46. The molecule has 27 heavy (non-hydrogen) atoms. The van der Waals surface area contributed by atoms with E-state index in [1.54, 1.807) is 26.0 Å². The van der Waals surface area contributed by atoms with E-state index in [0.717, 1.165) is 6.42 Å². The van der Waals surface area contributed by atoms with Gasteiger partial charge in [-0.2, -0.15) is 4.98 Å². The summed E-state index contributed by atoms with van der Waals surface area (Å²) in [4.78, 5) is 21.1. The van der Waals surface area contributed by atoms with Crippen molar-refractivity contribution in [1.29, 1.82) is 0 Å². The van der Waals surface area contributed by atoms with Crippen LogP contribution in [-0.2, 0) is 6.42 Å². The van der Waals surface area contributed by atoms with Crippen molar-refractivity contribution in [2.45, 2.75) is 39.2 Å². The largest absolute Gasteiger partial charge is 0.435 e. The third-order valence-corrected chi connectivity index (χ3v) is 4.45. The molecule has 0 bridgehead atoms. The van der Waals surface area contributed by atoms with Gasteiger partial charge in [-0.25, -0.2) is 9.37 Å². The molecule has 1 N–H and O–H groups in total. The van der Waals surface area contributed by atoms with E-state index in [1.165, 1.54) is 25.0 Å². The Hall–Kier alpha value is -3.03. The van der Waals surface area contributed by atoms with Crippen LogP contribution in [0, 0.1) is 18.7 Å². The molecule has 1 aliphatic carbocycles. The van der Waals surface area contributed by atoms with E-state index < -0.39 is 6.04 Å². The van der Waals surface area contributed by atoms with Gasteiger partial charge < -0.3 is 14.3 Å². The SMILES string of the molecule is Cc1nc(CC2CC2)oc1C(=O)N[C@H](C)c1nc(-c2cccc(F)c2)no1. The lowest BCUT2D eigenvalue weighted by Crippen LogP contribution is -2.27. The van der Waals surface area contributed by atoms with Gasteiger partial charge >= 0.3 is 0 Å². The molecule has 140 valence electrons. The first kappa shape index (κ1) is 17.4. The van der Waals surface area contributed by atoms with Crippen molar-refractivity contribution in [3.63, 3.8) is 0 Å². The second-order valence-corrected chi connectivity index (χ2v) is 6.83. The van der Waals surface area contributed by atoms with Crippen LogP contribution in [0.25, 0.3) is 11.4 Å². The fraction of sp³-hybridized carbons (Fsp3) is 0.368. The molecule has 1 aromatic carbocycles. The molecule has 1 aliphatic rings. The number of carbonyl (C=O) groups is 1. The molecule has 0 spiro atoms. The van der Waals surface area contributed by atoms with Crippen LogP contribution in [0.1, 0.15) is 53.8 Å². The molecule has 1 fully saturated rings. The summed E-state index contributed by atoms with van der Waals surface area (Å²) in [5.74, 6) is 1.12. The Morgan fingerprint density at radius 2 is 2.19 bits per heavy atom. The average molecular weight is 370 g/mol. The van der Waals surface area contributed by atoms with Crippen LogP contribution in [0.4, 0.5) is 4.39 Å². The van der Waals surface area contributed by atoms with Crippen LogP contribution in [0.5, 0.6) is 0 Å². The molecule has 7 nitrogen and oxygen atoms in total. The summed E-state index contributed by atoms with van der Waals surface area (Å²) >= 11 is 0. The van der Waals surface area contributed by atoms with E-state index >= 15 is 0 Å². The van der Waals surface area contributed by atoms with Crippen molar-refractivity contribution >= 4 is 5.91 Å². The monoisotopic (exact) mass is 370 g/mol. The Morgan fingerprint density at radius 3 is 2.93 bits per heavy atom. The fourth-order valence-electron chi connectivity index (χ4n) is 2.80. The molecule has 4 rings (SSSR count). The van der Waals surface area contributed by atoms with Gasteiger partial charge in [0.25, 0.3) is 5.91 Å². The smallest absolute Gasteiger partial charge is 0.289 e. The lowest BCUT2D eigenvalue weighted by molar-refractivity contribution is 0.0901. The molecular formula is C19H19FN4O3. The number of rotatable bonds is 6. The first-order chi connectivity index (χ1) is 13.0. The molecule has 8 heteroatoms. The molecule has 1 saturated carbocycles. The predicted molar refractivity (Wildman–Crippen MR) is 93.2 cm³/mol. The average Bonchev–Trinajstić information content (AvgIpc) is 3.16. The van der Waals surface area contributed by atoms with Gasteiger partial charge in [-0.15, -0.1) is 0 Å². The number of aryl methyl sites for hydroxylation is 1. The molecule has 0 unspecified atom stereocenters. The number of nitrogens with one attached hydrogen (secondary N) is 1. The van der Waals surface area contributed by atoms with Gasteiger partial charge in [0.2, 0.25) is 17.5 Å². The first-order valence-corrected chi connectivity index (χ1v) is 8.86. The highest BCUT2D eigenvalue weighted by atomic mass is 19.1. The van der Waals surface area contributed by atoms with E-state index in [9.17, 15) is 9.18 Å². The van der Waals surface area contributed by atoms with Crippen LogP contribution in [0.3, 0.4) is 0 Å². The summed E-state index contributed by atoms with van der Waals surface area (Å²) < 4.78 is 24.2. The van der Waals surface area contributed by atoms with Crippen molar-refractivity contribution in [2.75, 3.05) is 0 Å². The number of oxazole rings is 1. The maximum absolute atomic E-state index is 13.3. The number of benzene rings is 1. The Bertz CT molecular complexity index is 977. The second-order valence-electron chi connectivity index (χ2n) is 6.83. The van der Waals surface area contributed by atoms with Gasteiger partial charge in [-0.1, -0.05) is 17.3 Å². The zero-order valence-corrected chi connectivity index (χ0v) is 15.0. The molecule has 1 atom stereocenters. The topological polar surface area (TPSA) is 94.1 Å². The summed E-state index contributed by atoms with van der Waals surface area (Å²) in [5.41, 5.74) is 1.06. The summed E-state index contributed by atoms with van der Waals surface area (Å²) in [7, 11) is 0. The number of hydrogen-bond acceptors (Lipinski definition) is 6. The minimum Gasteiger partial charge on any atom is -0.435 e. The first-order valence-electron chi connectivity index (χ1n) is 8.86. The zero-order valence-electron chi connectivity index (χ0n) is 15.0. The molecular weight excluding hydrogens is 351 g/mol. The summed E-state index contributed by atoms with van der Waals surface area (Å²) in [6, 6.07) is 5.36. The minimum atomic E-state index is -0.538. The van der Waals surface area contributed by atoms with E-state index in [2.05, 4.69) is 20.4 Å². The van der Waals surface area contributed by atoms with Gasteiger partial charge in [0.1, 0.15) is 11.9 Å². The van der Waals surface area contributed by atoms with Gasteiger partial charge in [0.05, 0.1) is 5.69 Å². The molecule has 0 radical (unpaired) electrons. The number of hydrogen-bond donors (Lipinski definition) is 1. The van der Waals surface area contributed by atoms with Crippen LogP contribution < -0.4 is 5.32 Å². The van der Waals surface area contributed by atoms with Gasteiger partial charge in [0, 0.05) is 12.0 Å². The van der Waals surface area contributed by atoms with Gasteiger partial charge in [-0.3, -0.25) is 4.79 Å². The third-order valence-electron chi connectivity index (χ3n) is 4.45. The van der Waals surface area contributed by atoms with E-state index in [-0.39, 0.29) is 29.2 Å². The molecule has 3 aromatic rings. The molecule has 0 saturated heterocycles. The van der Waals surface area contributed by atoms with Crippen molar-refractivity contribution in [3.8, 4) is 11.4 Å². The molecule has 0 aliphatic heterocycles.